The number of carbonyl (C=O) groups is 1. The number of hydrogen-bond acceptors (Lipinski definition) is 3. The highest BCUT2D eigenvalue weighted by atomic mass is 32.1. The van der Waals surface area contributed by atoms with Crippen molar-refractivity contribution in [2.45, 2.75) is 27.7 Å². The summed E-state index contributed by atoms with van der Waals surface area (Å²) in [5, 5.41) is 0.765. The maximum absolute atomic E-state index is 12.9. The largest absolute Gasteiger partial charge is 0.284 e. The second-order valence-electron chi connectivity index (χ2n) is 5.84. The van der Waals surface area contributed by atoms with Crippen LogP contribution >= 0.6 is 11.3 Å². The standard InChI is InChI=1S/C19H20N2OS/c1-5-21(18(22)15-10-12(2)9-13(3)11-15)19-20-17-14(4)7-6-8-16(17)23-19/h6-11H,5H2,1-4H3. The van der Waals surface area contributed by atoms with E-state index in [9.17, 15) is 4.79 Å². The molecule has 0 saturated heterocycles. The number of rotatable bonds is 3. The third-order valence-corrected chi connectivity index (χ3v) is 4.91. The van der Waals surface area contributed by atoms with Crippen LogP contribution in [-0.2, 0) is 0 Å². The normalized spacial score (nSPS) is 11.0. The summed E-state index contributed by atoms with van der Waals surface area (Å²) >= 11 is 1.57. The Labute approximate surface area is 140 Å². The first-order chi connectivity index (χ1) is 11.0. The summed E-state index contributed by atoms with van der Waals surface area (Å²) in [5.41, 5.74) is 5.05. The van der Waals surface area contributed by atoms with Gasteiger partial charge in [0, 0.05) is 12.1 Å². The molecule has 0 radical (unpaired) electrons. The van der Waals surface area contributed by atoms with Crippen molar-refractivity contribution in [1.29, 1.82) is 0 Å². The molecule has 2 aromatic carbocycles. The predicted octanol–water partition coefficient (Wildman–Crippen LogP) is 4.89. The van der Waals surface area contributed by atoms with Crippen molar-refractivity contribution in [2.75, 3.05) is 11.4 Å². The number of hydrogen-bond donors (Lipinski definition) is 0. The fourth-order valence-electron chi connectivity index (χ4n) is 2.81. The summed E-state index contributed by atoms with van der Waals surface area (Å²) in [6.45, 7) is 8.67. The van der Waals surface area contributed by atoms with Crippen LogP contribution in [0.5, 0.6) is 0 Å². The lowest BCUT2D eigenvalue weighted by Crippen LogP contribution is -2.30. The van der Waals surface area contributed by atoms with E-state index in [-0.39, 0.29) is 5.91 Å². The summed E-state index contributed by atoms with van der Waals surface area (Å²) < 4.78 is 1.12. The molecule has 3 aromatic rings. The van der Waals surface area contributed by atoms with E-state index in [1.54, 1.807) is 16.2 Å². The van der Waals surface area contributed by atoms with Crippen molar-refractivity contribution < 1.29 is 4.79 Å². The van der Waals surface area contributed by atoms with Gasteiger partial charge in [-0.15, -0.1) is 0 Å². The molecule has 0 unspecified atom stereocenters. The van der Waals surface area contributed by atoms with Gasteiger partial charge in [-0.05, 0) is 51.5 Å². The highest BCUT2D eigenvalue weighted by Crippen LogP contribution is 2.31. The van der Waals surface area contributed by atoms with E-state index in [4.69, 9.17) is 4.98 Å². The predicted molar refractivity (Wildman–Crippen MR) is 97.6 cm³/mol. The van der Waals surface area contributed by atoms with Crippen LogP contribution in [0.2, 0.25) is 0 Å². The van der Waals surface area contributed by atoms with Gasteiger partial charge in [0.15, 0.2) is 5.13 Å². The van der Waals surface area contributed by atoms with E-state index in [0.29, 0.717) is 6.54 Å². The topological polar surface area (TPSA) is 33.2 Å². The Hall–Kier alpha value is -2.20. The molecule has 1 aromatic heterocycles. The average molecular weight is 324 g/mol. The van der Waals surface area contributed by atoms with Crippen LogP contribution < -0.4 is 4.90 Å². The maximum atomic E-state index is 12.9. The number of carbonyl (C=O) groups excluding carboxylic acids is 1. The molecule has 1 amide bonds. The first kappa shape index (κ1) is 15.7. The molecule has 0 spiro atoms. The van der Waals surface area contributed by atoms with E-state index in [2.05, 4.69) is 12.1 Å². The van der Waals surface area contributed by atoms with Gasteiger partial charge in [0.25, 0.3) is 5.91 Å². The third kappa shape index (κ3) is 2.99. The molecular weight excluding hydrogens is 304 g/mol. The second-order valence-corrected chi connectivity index (χ2v) is 6.85. The van der Waals surface area contributed by atoms with E-state index in [0.717, 1.165) is 37.6 Å². The van der Waals surface area contributed by atoms with Crippen LogP contribution in [0.1, 0.15) is 34.0 Å². The van der Waals surface area contributed by atoms with E-state index in [1.165, 1.54) is 0 Å². The van der Waals surface area contributed by atoms with Gasteiger partial charge in [-0.25, -0.2) is 4.98 Å². The molecule has 0 saturated carbocycles. The molecule has 0 aliphatic carbocycles. The molecule has 118 valence electrons. The Morgan fingerprint density at radius 1 is 1.13 bits per heavy atom. The summed E-state index contributed by atoms with van der Waals surface area (Å²) in [6.07, 6.45) is 0. The number of fused-ring (bicyclic) bond motifs is 1. The minimum Gasteiger partial charge on any atom is -0.284 e. The summed E-state index contributed by atoms with van der Waals surface area (Å²) in [6, 6.07) is 12.1. The van der Waals surface area contributed by atoms with E-state index >= 15 is 0 Å². The van der Waals surface area contributed by atoms with Crippen LogP contribution in [-0.4, -0.2) is 17.4 Å². The van der Waals surface area contributed by atoms with Crippen molar-refractivity contribution in [3.63, 3.8) is 0 Å². The molecular formula is C19H20N2OS. The lowest BCUT2D eigenvalue weighted by Gasteiger charge is -2.18. The summed E-state index contributed by atoms with van der Waals surface area (Å²) in [4.78, 5) is 19.4. The SMILES string of the molecule is CCN(C(=O)c1cc(C)cc(C)c1)c1nc2c(C)cccc2s1. The molecule has 3 rings (SSSR count). The van der Waals surface area contributed by atoms with Gasteiger partial charge < -0.3 is 0 Å². The summed E-state index contributed by atoms with van der Waals surface area (Å²) in [7, 11) is 0. The van der Waals surface area contributed by atoms with Crippen molar-refractivity contribution >= 4 is 32.6 Å². The number of amides is 1. The molecule has 1 heterocycles. The number of anilines is 1. The van der Waals surface area contributed by atoms with Gasteiger partial charge in [-0.1, -0.05) is 40.7 Å². The van der Waals surface area contributed by atoms with Crippen LogP contribution in [0.3, 0.4) is 0 Å². The molecule has 0 bridgehead atoms. The zero-order valence-electron chi connectivity index (χ0n) is 13.9. The third-order valence-electron chi connectivity index (χ3n) is 3.87. The maximum Gasteiger partial charge on any atom is 0.260 e. The fourth-order valence-corrected chi connectivity index (χ4v) is 3.92. The Kier molecular flexibility index (Phi) is 4.18. The quantitative estimate of drug-likeness (QED) is 0.687. The molecule has 0 aliphatic heterocycles. The second kappa shape index (κ2) is 6.13. The Bertz CT molecular complexity index is 862. The first-order valence-corrected chi connectivity index (χ1v) is 8.57. The lowest BCUT2D eigenvalue weighted by atomic mass is 10.1. The van der Waals surface area contributed by atoms with Gasteiger partial charge in [0.2, 0.25) is 0 Å². The Morgan fingerprint density at radius 2 is 1.83 bits per heavy atom. The van der Waals surface area contributed by atoms with Crippen LogP contribution in [0.4, 0.5) is 5.13 Å². The van der Waals surface area contributed by atoms with Gasteiger partial charge >= 0.3 is 0 Å². The monoisotopic (exact) mass is 324 g/mol. The molecule has 0 aliphatic rings. The number of nitrogens with zero attached hydrogens (tertiary/aromatic N) is 2. The lowest BCUT2D eigenvalue weighted by molar-refractivity contribution is 0.0988. The van der Waals surface area contributed by atoms with Gasteiger partial charge in [0.05, 0.1) is 10.2 Å². The number of aryl methyl sites for hydroxylation is 3. The first-order valence-electron chi connectivity index (χ1n) is 7.76. The highest BCUT2D eigenvalue weighted by molar-refractivity contribution is 7.22. The summed E-state index contributed by atoms with van der Waals surface area (Å²) in [5.74, 6) is 0.0102. The average Bonchev–Trinajstić information content (AvgIpc) is 2.92. The Balaban J connectivity index is 2.03. The number of thiazole rings is 1. The molecule has 23 heavy (non-hydrogen) atoms. The van der Waals surface area contributed by atoms with E-state index in [1.807, 2.05) is 52.0 Å². The zero-order valence-corrected chi connectivity index (χ0v) is 14.7. The molecule has 4 heteroatoms. The molecule has 0 fully saturated rings. The Morgan fingerprint density at radius 3 is 2.43 bits per heavy atom. The minimum absolute atomic E-state index is 0.0102. The van der Waals surface area contributed by atoms with Crippen LogP contribution in [0.25, 0.3) is 10.2 Å². The van der Waals surface area contributed by atoms with Gasteiger partial charge in [0.1, 0.15) is 0 Å². The van der Waals surface area contributed by atoms with Gasteiger partial charge in [-0.3, -0.25) is 9.69 Å². The number of aromatic nitrogens is 1. The number of para-hydroxylation sites is 1. The van der Waals surface area contributed by atoms with Crippen LogP contribution in [0.15, 0.2) is 36.4 Å². The van der Waals surface area contributed by atoms with Crippen molar-refractivity contribution in [3.8, 4) is 0 Å². The van der Waals surface area contributed by atoms with Gasteiger partial charge in [-0.2, -0.15) is 0 Å². The van der Waals surface area contributed by atoms with E-state index < -0.39 is 0 Å². The minimum atomic E-state index is 0.0102. The molecule has 0 N–H and O–H groups in total. The fraction of sp³-hybridized carbons (Fsp3) is 0.263. The highest BCUT2D eigenvalue weighted by Gasteiger charge is 2.20. The van der Waals surface area contributed by atoms with Crippen molar-refractivity contribution in [2.24, 2.45) is 0 Å². The number of benzene rings is 2. The smallest absolute Gasteiger partial charge is 0.260 e. The zero-order chi connectivity index (χ0) is 16.6. The molecule has 0 atom stereocenters. The molecule has 3 nitrogen and oxygen atoms in total. The van der Waals surface area contributed by atoms with Crippen molar-refractivity contribution in [1.82, 2.24) is 4.98 Å². The van der Waals surface area contributed by atoms with Crippen LogP contribution in [0, 0.1) is 20.8 Å². The van der Waals surface area contributed by atoms with Crippen molar-refractivity contribution in [3.05, 3.63) is 58.7 Å².